The van der Waals surface area contributed by atoms with Crippen molar-refractivity contribution >= 4 is 0 Å². The van der Waals surface area contributed by atoms with Crippen molar-refractivity contribution in [3.63, 3.8) is 0 Å². The van der Waals surface area contributed by atoms with Crippen LogP contribution in [0.1, 0.15) is 0 Å². The summed E-state index contributed by atoms with van der Waals surface area (Å²) in [5, 5.41) is 0. The van der Waals surface area contributed by atoms with E-state index in [2.05, 4.69) is 120 Å². The van der Waals surface area contributed by atoms with Gasteiger partial charge in [0, 0.05) is 23.5 Å². The number of aromatic nitrogens is 2. The second-order valence-corrected chi connectivity index (χ2v) is 10.3. The molecule has 5 aromatic carbocycles. The zero-order valence-corrected chi connectivity index (χ0v) is 23.5. The van der Waals surface area contributed by atoms with Crippen LogP contribution in [-0.2, 0) is 0 Å². The first-order valence-corrected chi connectivity index (χ1v) is 14.3. The van der Waals surface area contributed by atoms with Gasteiger partial charge in [-0.3, -0.25) is 9.97 Å². The fourth-order valence-corrected chi connectivity index (χ4v) is 5.27. The van der Waals surface area contributed by atoms with Crippen molar-refractivity contribution in [1.29, 1.82) is 0 Å². The normalized spacial score (nSPS) is 10.8. The van der Waals surface area contributed by atoms with Crippen LogP contribution in [0, 0.1) is 0 Å². The Hall–Kier alpha value is -5.80. The van der Waals surface area contributed by atoms with Crippen LogP contribution in [0.15, 0.2) is 170 Å². The molecule has 0 aliphatic carbocycles. The van der Waals surface area contributed by atoms with Gasteiger partial charge in [-0.1, -0.05) is 97.1 Å². The lowest BCUT2D eigenvalue weighted by molar-refractivity contribution is 0.483. The molecule has 0 atom stereocenters. The second-order valence-electron chi connectivity index (χ2n) is 10.3. The molecular weight excluding hydrogens is 524 g/mol. The lowest BCUT2D eigenvalue weighted by Gasteiger charge is -2.14. The van der Waals surface area contributed by atoms with Gasteiger partial charge in [0.15, 0.2) is 0 Å². The third kappa shape index (κ3) is 5.97. The third-order valence-corrected chi connectivity index (χ3v) is 7.39. The SMILES string of the molecule is c1ccc(-c2cc(Oc3cc(-c4ccccc4)cc(-c4cc(-c5ccccc5)ccn4)c3)cc(-c3ccccn3)c2)cc1. The van der Waals surface area contributed by atoms with Crippen LogP contribution in [0.5, 0.6) is 11.5 Å². The Morgan fingerprint density at radius 1 is 0.302 bits per heavy atom. The van der Waals surface area contributed by atoms with Crippen molar-refractivity contribution in [3.05, 3.63) is 170 Å². The molecule has 0 saturated heterocycles. The highest BCUT2D eigenvalue weighted by atomic mass is 16.5. The van der Waals surface area contributed by atoms with Gasteiger partial charge < -0.3 is 4.74 Å². The molecule has 43 heavy (non-hydrogen) atoms. The molecule has 2 heterocycles. The molecule has 7 aromatic rings. The maximum atomic E-state index is 6.69. The van der Waals surface area contributed by atoms with Crippen LogP contribution < -0.4 is 4.74 Å². The summed E-state index contributed by atoms with van der Waals surface area (Å²) in [6.07, 6.45) is 3.69. The summed E-state index contributed by atoms with van der Waals surface area (Å²) in [5.74, 6) is 1.48. The average molecular weight is 553 g/mol. The van der Waals surface area contributed by atoms with E-state index in [0.717, 1.165) is 67.4 Å². The number of nitrogens with zero attached hydrogens (tertiary/aromatic N) is 2. The zero-order chi connectivity index (χ0) is 28.8. The molecule has 0 radical (unpaired) electrons. The van der Waals surface area contributed by atoms with E-state index in [4.69, 9.17) is 9.72 Å². The van der Waals surface area contributed by atoms with Gasteiger partial charge in [0.2, 0.25) is 0 Å². The van der Waals surface area contributed by atoms with E-state index in [1.807, 2.05) is 54.9 Å². The summed E-state index contributed by atoms with van der Waals surface area (Å²) in [6, 6.07) is 53.9. The van der Waals surface area contributed by atoms with Gasteiger partial charge in [-0.15, -0.1) is 0 Å². The molecule has 0 aliphatic rings. The molecule has 0 saturated carbocycles. The van der Waals surface area contributed by atoms with Crippen LogP contribution >= 0.6 is 0 Å². The van der Waals surface area contributed by atoms with Crippen LogP contribution in [0.2, 0.25) is 0 Å². The molecule has 2 aromatic heterocycles. The zero-order valence-electron chi connectivity index (χ0n) is 23.5. The molecule has 0 fully saturated rings. The first-order valence-electron chi connectivity index (χ1n) is 14.3. The van der Waals surface area contributed by atoms with Crippen LogP contribution in [0.4, 0.5) is 0 Å². The maximum Gasteiger partial charge on any atom is 0.128 e. The molecule has 0 spiro atoms. The van der Waals surface area contributed by atoms with E-state index < -0.39 is 0 Å². The lowest BCUT2D eigenvalue weighted by Crippen LogP contribution is -1.92. The van der Waals surface area contributed by atoms with Crippen molar-refractivity contribution in [3.8, 4) is 67.4 Å². The number of rotatable bonds is 7. The van der Waals surface area contributed by atoms with Crippen molar-refractivity contribution < 1.29 is 4.74 Å². The van der Waals surface area contributed by atoms with E-state index >= 15 is 0 Å². The molecule has 7 rings (SSSR count). The highest BCUT2D eigenvalue weighted by Crippen LogP contribution is 2.37. The van der Waals surface area contributed by atoms with Gasteiger partial charge in [0.25, 0.3) is 0 Å². The van der Waals surface area contributed by atoms with Gasteiger partial charge in [0.1, 0.15) is 11.5 Å². The smallest absolute Gasteiger partial charge is 0.128 e. The lowest BCUT2D eigenvalue weighted by atomic mass is 9.99. The Labute approximate surface area is 251 Å². The van der Waals surface area contributed by atoms with Gasteiger partial charge in [-0.2, -0.15) is 0 Å². The molecule has 3 heteroatoms. The van der Waals surface area contributed by atoms with E-state index in [1.165, 1.54) is 0 Å². The van der Waals surface area contributed by atoms with E-state index in [0.29, 0.717) is 0 Å². The quantitative estimate of drug-likeness (QED) is 0.197. The first-order chi connectivity index (χ1) is 21.3. The predicted molar refractivity (Wildman–Crippen MR) is 176 cm³/mol. The fraction of sp³-hybridized carbons (Fsp3) is 0. The van der Waals surface area contributed by atoms with Crippen molar-refractivity contribution in [2.45, 2.75) is 0 Å². The summed E-state index contributed by atoms with van der Waals surface area (Å²) >= 11 is 0. The summed E-state index contributed by atoms with van der Waals surface area (Å²) in [7, 11) is 0. The van der Waals surface area contributed by atoms with Crippen molar-refractivity contribution in [1.82, 2.24) is 9.97 Å². The molecule has 0 amide bonds. The molecule has 0 bridgehead atoms. The van der Waals surface area contributed by atoms with Gasteiger partial charge in [-0.25, -0.2) is 0 Å². The molecule has 0 unspecified atom stereocenters. The Bertz CT molecular complexity index is 1920. The van der Waals surface area contributed by atoms with Gasteiger partial charge in [0.05, 0.1) is 11.4 Å². The molecule has 0 N–H and O–H groups in total. The molecule has 204 valence electrons. The maximum absolute atomic E-state index is 6.69. The number of hydrogen-bond donors (Lipinski definition) is 0. The van der Waals surface area contributed by atoms with Crippen LogP contribution in [-0.4, -0.2) is 9.97 Å². The minimum atomic E-state index is 0.737. The number of benzene rings is 5. The van der Waals surface area contributed by atoms with Crippen LogP contribution in [0.3, 0.4) is 0 Å². The molecular formula is C40H28N2O. The van der Waals surface area contributed by atoms with E-state index in [-0.39, 0.29) is 0 Å². The highest BCUT2D eigenvalue weighted by molar-refractivity contribution is 5.77. The largest absolute Gasteiger partial charge is 0.457 e. The Morgan fingerprint density at radius 2 is 0.767 bits per heavy atom. The molecule has 0 aliphatic heterocycles. The van der Waals surface area contributed by atoms with Gasteiger partial charge in [-0.05, 0) is 94.0 Å². The Balaban J connectivity index is 1.34. The van der Waals surface area contributed by atoms with Gasteiger partial charge >= 0.3 is 0 Å². The van der Waals surface area contributed by atoms with Crippen LogP contribution in [0.25, 0.3) is 55.9 Å². The minimum absolute atomic E-state index is 0.737. The monoisotopic (exact) mass is 552 g/mol. The highest BCUT2D eigenvalue weighted by Gasteiger charge is 2.12. The van der Waals surface area contributed by atoms with Crippen molar-refractivity contribution in [2.24, 2.45) is 0 Å². The third-order valence-electron chi connectivity index (χ3n) is 7.39. The minimum Gasteiger partial charge on any atom is -0.457 e. The number of hydrogen-bond acceptors (Lipinski definition) is 3. The molecule has 3 nitrogen and oxygen atoms in total. The number of pyridine rings is 2. The Morgan fingerprint density at radius 3 is 1.30 bits per heavy atom. The average Bonchev–Trinajstić information content (AvgIpc) is 3.09. The second kappa shape index (κ2) is 12.0. The fourth-order valence-electron chi connectivity index (χ4n) is 5.27. The summed E-state index contributed by atoms with van der Waals surface area (Å²) < 4.78 is 6.69. The van der Waals surface area contributed by atoms with E-state index in [1.54, 1.807) is 0 Å². The summed E-state index contributed by atoms with van der Waals surface area (Å²) in [5.41, 5.74) is 10.4. The van der Waals surface area contributed by atoms with E-state index in [9.17, 15) is 0 Å². The summed E-state index contributed by atoms with van der Waals surface area (Å²) in [6.45, 7) is 0. The first kappa shape index (κ1) is 26.1. The number of ether oxygens (including phenoxy) is 1. The Kier molecular flexibility index (Phi) is 7.27. The summed E-state index contributed by atoms with van der Waals surface area (Å²) in [4.78, 5) is 9.37. The van der Waals surface area contributed by atoms with Crippen molar-refractivity contribution in [2.75, 3.05) is 0 Å². The standard InChI is InChI=1S/C40H28N2O/c1-4-12-29(13-5-1)32-19-21-42-40(28-32)36-23-34(31-16-8-3-9-17-31)25-38(27-36)43-37-24-33(30-14-6-2-7-15-30)22-35(26-37)39-18-10-11-20-41-39/h1-28H. The topological polar surface area (TPSA) is 35.0 Å². The predicted octanol–water partition coefficient (Wildman–Crippen LogP) is 10.6.